The van der Waals surface area contributed by atoms with Crippen LogP contribution < -0.4 is 0 Å². The summed E-state index contributed by atoms with van der Waals surface area (Å²) in [6.45, 7) is 8.62. The standard InChI is InChI=1S/C17H24N4O4/c1-12(2)15(22)19-7-13-8-24-6-5-21(13)17(9-19)10-20(11-17)16(23)14-3-4-18-25-14/h3-4,12-13H,5-11H2,1-2H3/t13-/m1/s1. The molecule has 0 saturated carbocycles. The number of ether oxygens (including phenoxy) is 1. The van der Waals surface area contributed by atoms with Crippen molar-refractivity contribution in [2.45, 2.75) is 25.4 Å². The van der Waals surface area contributed by atoms with Gasteiger partial charge in [-0.15, -0.1) is 0 Å². The fraction of sp³-hybridized carbons (Fsp3) is 0.706. The number of hydrogen-bond donors (Lipinski definition) is 0. The number of carbonyl (C=O) groups is 2. The van der Waals surface area contributed by atoms with Gasteiger partial charge in [0.25, 0.3) is 5.91 Å². The highest BCUT2D eigenvalue weighted by molar-refractivity contribution is 5.92. The fourth-order valence-electron chi connectivity index (χ4n) is 4.30. The zero-order chi connectivity index (χ0) is 17.6. The van der Waals surface area contributed by atoms with Crippen LogP contribution in [0.1, 0.15) is 24.4 Å². The van der Waals surface area contributed by atoms with E-state index in [9.17, 15) is 9.59 Å². The number of nitrogens with zero attached hydrogens (tertiary/aromatic N) is 4. The average molecular weight is 348 g/mol. The minimum Gasteiger partial charge on any atom is -0.378 e. The van der Waals surface area contributed by atoms with Crippen LogP contribution in [0.2, 0.25) is 0 Å². The number of fused-ring (bicyclic) bond motifs is 2. The lowest BCUT2D eigenvalue weighted by atomic mass is 9.82. The maximum absolute atomic E-state index is 12.6. The summed E-state index contributed by atoms with van der Waals surface area (Å²) >= 11 is 0. The Bertz CT molecular complexity index is 654. The van der Waals surface area contributed by atoms with E-state index in [2.05, 4.69) is 10.1 Å². The first-order valence-electron chi connectivity index (χ1n) is 8.83. The normalized spacial score (nSPS) is 25.8. The predicted octanol–water partition coefficient (Wildman–Crippen LogP) is 0.0682. The molecule has 3 aliphatic heterocycles. The third-order valence-electron chi connectivity index (χ3n) is 5.46. The van der Waals surface area contributed by atoms with Gasteiger partial charge in [0.15, 0.2) is 0 Å². The first-order valence-corrected chi connectivity index (χ1v) is 8.83. The van der Waals surface area contributed by atoms with Gasteiger partial charge in [0.05, 0.1) is 31.0 Å². The zero-order valence-corrected chi connectivity index (χ0v) is 14.7. The molecule has 25 heavy (non-hydrogen) atoms. The maximum atomic E-state index is 12.6. The Morgan fingerprint density at radius 3 is 2.72 bits per heavy atom. The summed E-state index contributed by atoms with van der Waals surface area (Å²) in [5.74, 6) is 0.268. The van der Waals surface area contributed by atoms with Crippen LogP contribution in [-0.4, -0.2) is 89.2 Å². The Balaban J connectivity index is 1.52. The average Bonchev–Trinajstić information content (AvgIpc) is 3.12. The molecule has 1 spiro atoms. The van der Waals surface area contributed by atoms with E-state index in [1.807, 2.05) is 18.7 Å². The molecule has 8 nitrogen and oxygen atoms in total. The smallest absolute Gasteiger partial charge is 0.292 e. The molecule has 0 radical (unpaired) electrons. The number of hydrogen-bond acceptors (Lipinski definition) is 6. The fourth-order valence-corrected chi connectivity index (χ4v) is 4.30. The molecule has 2 amide bonds. The second-order valence-corrected chi connectivity index (χ2v) is 7.56. The molecule has 0 bridgehead atoms. The van der Waals surface area contributed by atoms with Gasteiger partial charge in [-0.25, -0.2) is 0 Å². The van der Waals surface area contributed by atoms with Gasteiger partial charge < -0.3 is 19.1 Å². The van der Waals surface area contributed by atoms with Crippen LogP contribution >= 0.6 is 0 Å². The van der Waals surface area contributed by atoms with E-state index in [1.165, 1.54) is 6.20 Å². The molecule has 1 aromatic heterocycles. The SMILES string of the molecule is CC(C)C(=O)N1C[C@@H]2COCCN2C2(CN(C(=O)c3ccno3)C2)C1. The number of rotatable bonds is 2. The van der Waals surface area contributed by atoms with Crippen LogP contribution in [0.15, 0.2) is 16.8 Å². The second-order valence-electron chi connectivity index (χ2n) is 7.56. The van der Waals surface area contributed by atoms with Crippen molar-refractivity contribution < 1.29 is 18.8 Å². The van der Waals surface area contributed by atoms with Gasteiger partial charge in [-0.2, -0.15) is 0 Å². The molecule has 3 fully saturated rings. The number of carbonyl (C=O) groups excluding carboxylic acids is 2. The Hall–Kier alpha value is -1.93. The quantitative estimate of drug-likeness (QED) is 0.752. The summed E-state index contributed by atoms with van der Waals surface area (Å²) in [7, 11) is 0. The van der Waals surface area contributed by atoms with E-state index in [0.29, 0.717) is 39.4 Å². The molecule has 8 heteroatoms. The Morgan fingerprint density at radius 2 is 2.04 bits per heavy atom. The Kier molecular flexibility index (Phi) is 4.04. The van der Waals surface area contributed by atoms with Gasteiger partial charge in [-0.1, -0.05) is 19.0 Å². The number of aromatic nitrogens is 1. The molecule has 0 aromatic carbocycles. The van der Waals surface area contributed by atoms with Gasteiger partial charge in [0.1, 0.15) is 0 Å². The van der Waals surface area contributed by atoms with E-state index < -0.39 is 0 Å². The van der Waals surface area contributed by atoms with E-state index in [0.717, 1.165) is 6.54 Å². The molecule has 4 heterocycles. The van der Waals surface area contributed by atoms with Gasteiger partial charge >= 0.3 is 0 Å². The van der Waals surface area contributed by atoms with Crippen LogP contribution in [0.5, 0.6) is 0 Å². The number of piperazine rings is 1. The Morgan fingerprint density at radius 1 is 1.28 bits per heavy atom. The van der Waals surface area contributed by atoms with Crippen molar-refractivity contribution in [2.24, 2.45) is 5.92 Å². The summed E-state index contributed by atoms with van der Waals surface area (Å²) in [6, 6.07) is 1.79. The first-order chi connectivity index (χ1) is 12.0. The zero-order valence-electron chi connectivity index (χ0n) is 14.7. The molecular weight excluding hydrogens is 324 g/mol. The predicted molar refractivity (Wildman–Crippen MR) is 87.9 cm³/mol. The molecule has 1 atom stereocenters. The molecule has 4 rings (SSSR count). The number of amides is 2. The Labute approximate surface area is 146 Å². The summed E-state index contributed by atoms with van der Waals surface area (Å²) in [6.07, 6.45) is 1.48. The third-order valence-corrected chi connectivity index (χ3v) is 5.46. The topological polar surface area (TPSA) is 79.1 Å². The monoisotopic (exact) mass is 348 g/mol. The molecular formula is C17H24N4O4. The van der Waals surface area contributed by atoms with Crippen LogP contribution in [-0.2, 0) is 9.53 Å². The van der Waals surface area contributed by atoms with Crippen LogP contribution in [0.3, 0.4) is 0 Å². The minimum absolute atomic E-state index is 0.0277. The van der Waals surface area contributed by atoms with E-state index in [4.69, 9.17) is 9.26 Å². The molecule has 136 valence electrons. The van der Waals surface area contributed by atoms with Gasteiger partial charge in [-0.05, 0) is 0 Å². The van der Waals surface area contributed by atoms with Crippen molar-refractivity contribution >= 4 is 11.8 Å². The van der Waals surface area contributed by atoms with Crippen molar-refractivity contribution in [1.29, 1.82) is 0 Å². The summed E-state index contributed by atoms with van der Waals surface area (Å²) < 4.78 is 10.6. The van der Waals surface area contributed by atoms with E-state index >= 15 is 0 Å². The first kappa shape index (κ1) is 16.5. The maximum Gasteiger partial charge on any atom is 0.292 e. The minimum atomic E-state index is -0.174. The highest BCUT2D eigenvalue weighted by Crippen LogP contribution is 2.36. The molecule has 0 N–H and O–H groups in total. The highest BCUT2D eigenvalue weighted by atomic mass is 16.5. The number of morpholine rings is 1. The molecule has 3 saturated heterocycles. The van der Waals surface area contributed by atoms with Gasteiger partial charge in [0, 0.05) is 44.7 Å². The van der Waals surface area contributed by atoms with Crippen LogP contribution in [0, 0.1) is 5.92 Å². The summed E-state index contributed by atoms with van der Waals surface area (Å²) in [5.41, 5.74) is -0.174. The largest absolute Gasteiger partial charge is 0.378 e. The lowest BCUT2D eigenvalue weighted by Crippen LogP contribution is -2.81. The van der Waals surface area contributed by atoms with E-state index in [-0.39, 0.29) is 35.1 Å². The van der Waals surface area contributed by atoms with Crippen molar-refractivity contribution in [3.05, 3.63) is 18.0 Å². The lowest BCUT2D eigenvalue weighted by Gasteiger charge is -2.63. The third kappa shape index (κ3) is 2.73. The summed E-state index contributed by atoms with van der Waals surface area (Å²) in [5, 5.41) is 3.61. The second kappa shape index (κ2) is 6.10. The van der Waals surface area contributed by atoms with E-state index in [1.54, 1.807) is 11.0 Å². The summed E-state index contributed by atoms with van der Waals surface area (Å²) in [4.78, 5) is 31.2. The number of likely N-dealkylation sites (tertiary alicyclic amines) is 1. The van der Waals surface area contributed by atoms with Crippen molar-refractivity contribution in [3.63, 3.8) is 0 Å². The molecule has 3 aliphatic rings. The van der Waals surface area contributed by atoms with Crippen molar-refractivity contribution in [3.8, 4) is 0 Å². The molecule has 0 aliphatic carbocycles. The molecule has 1 aromatic rings. The van der Waals surface area contributed by atoms with Gasteiger partial charge in [-0.3, -0.25) is 14.5 Å². The van der Waals surface area contributed by atoms with Crippen molar-refractivity contribution in [1.82, 2.24) is 19.9 Å². The molecule has 0 unspecified atom stereocenters. The van der Waals surface area contributed by atoms with Crippen molar-refractivity contribution in [2.75, 3.05) is 45.9 Å². The van der Waals surface area contributed by atoms with Crippen LogP contribution in [0.25, 0.3) is 0 Å². The van der Waals surface area contributed by atoms with Crippen LogP contribution in [0.4, 0.5) is 0 Å². The lowest BCUT2D eigenvalue weighted by molar-refractivity contribution is -0.170. The van der Waals surface area contributed by atoms with Gasteiger partial charge in [0.2, 0.25) is 11.7 Å². The highest BCUT2D eigenvalue weighted by Gasteiger charge is 2.56.